The maximum absolute atomic E-state index is 12.7. The van der Waals surface area contributed by atoms with Gasteiger partial charge in [0, 0.05) is 12.7 Å². The first kappa shape index (κ1) is 16.8. The first-order valence-corrected chi connectivity index (χ1v) is 8.15. The average molecular weight is 339 g/mol. The van der Waals surface area contributed by atoms with Gasteiger partial charge in [-0.1, -0.05) is 12.1 Å². The van der Waals surface area contributed by atoms with Gasteiger partial charge >= 0.3 is 0 Å². The van der Waals surface area contributed by atoms with Gasteiger partial charge < -0.3 is 14.8 Å². The van der Waals surface area contributed by atoms with Gasteiger partial charge in [-0.2, -0.15) is 0 Å². The standard InChI is InChI=1S/C19H21N3O3/c1-4-25-16-6-5-11-22-17(13(2)21-18(16)22)19(23)20-12-14-7-9-15(24-3)10-8-14/h5-11H,4,12H2,1-3H3,(H,20,23). The summed E-state index contributed by atoms with van der Waals surface area (Å²) < 4.78 is 12.5. The second kappa shape index (κ2) is 7.25. The molecule has 1 aromatic carbocycles. The SMILES string of the molecule is CCOc1cccn2c(C(=O)NCc3ccc(OC)cc3)c(C)nc12. The average Bonchev–Trinajstić information content (AvgIpc) is 2.97. The number of rotatable bonds is 6. The third kappa shape index (κ3) is 3.42. The molecule has 0 spiro atoms. The van der Waals surface area contributed by atoms with E-state index in [2.05, 4.69) is 10.3 Å². The lowest BCUT2D eigenvalue weighted by Gasteiger charge is -2.08. The smallest absolute Gasteiger partial charge is 0.270 e. The number of amides is 1. The Labute approximate surface area is 146 Å². The van der Waals surface area contributed by atoms with Crippen LogP contribution >= 0.6 is 0 Å². The molecule has 6 heteroatoms. The van der Waals surface area contributed by atoms with Crippen molar-refractivity contribution in [2.75, 3.05) is 13.7 Å². The van der Waals surface area contributed by atoms with E-state index in [4.69, 9.17) is 9.47 Å². The van der Waals surface area contributed by atoms with E-state index in [1.807, 2.05) is 56.4 Å². The van der Waals surface area contributed by atoms with Crippen molar-refractivity contribution in [1.82, 2.24) is 14.7 Å². The van der Waals surface area contributed by atoms with E-state index in [9.17, 15) is 4.79 Å². The van der Waals surface area contributed by atoms with Crippen LogP contribution in [0, 0.1) is 6.92 Å². The summed E-state index contributed by atoms with van der Waals surface area (Å²) in [5.74, 6) is 1.29. The molecule has 6 nitrogen and oxygen atoms in total. The normalized spacial score (nSPS) is 10.7. The highest BCUT2D eigenvalue weighted by molar-refractivity contribution is 5.94. The lowest BCUT2D eigenvalue weighted by atomic mass is 10.2. The maximum Gasteiger partial charge on any atom is 0.270 e. The van der Waals surface area contributed by atoms with Crippen molar-refractivity contribution in [2.24, 2.45) is 0 Å². The summed E-state index contributed by atoms with van der Waals surface area (Å²) in [6.07, 6.45) is 1.82. The third-order valence-corrected chi connectivity index (χ3v) is 3.92. The molecular weight excluding hydrogens is 318 g/mol. The van der Waals surface area contributed by atoms with Crippen molar-refractivity contribution >= 4 is 11.6 Å². The molecule has 0 aliphatic rings. The van der Waals surface area contributed by atoms with Gasteiger partial charge in [0.1, 0.15) is 11.4 Å². The van der Waals surface area contributed by atoms with Crippen LogP contribution < -0.4 is 14.8 Å². The number of carbonyl (C=O) groups excluding carboxylic acids is 1. The minimum absolute atomic E-state index is 0.172. The van der Waals surface area contributed by atoms with Gasteiger partial charge in [0.15, 0.2) is 11.4 Å². The Morgan fingerprint density at radius 2 is 2.00 bits per heavy atom. The number of aromatic nitrogens is 2. The Hall–Kier alpha value is -3.02. The van der Waals surface area contributed by atoms with Crippen LogP contribution in [0.15, 0.2) is 42.6 Å². The highest BCUT2D eigenvalue weighted by Gasteiger charge is 2.18. The quantitative estimate of drug-likeness (QED) is 0.750. The number of nitrogens with one attached hydrogen (secondary N) is 1. The predicted molar refractivity (Wildman–Crippen MR) is 95.3 cm³/mol. The van der Waals surface area contributed by atoms with E-state index in [0.717, 1.165) is 11.3 Å². The molecule has 0 unspecified atom stereocenters. The topological polar surface area (TPSA) is 64.9 Å². The molecule has 3 rings (SSSR count). The zero-order chi connectivity index (χ0) is 17.8. The number of pyridine rings is 1. The summed E-state index contributed by atoms with van der Waals surface area (Å²) in [6.45, 7) is 4.72. The molecule has 1 N–H and O–H groups in total. The number of aryl methyl sites for hydroxylation is 1. The molecule has 3 aromatic rings. The number of nitrogens with zero attached hydrogens (tertiary/aromatic N) is 2. The lowest BCUT2D eigenvalue weighted by Crippen LogP contribution is -2.25. The summed E-state index contributed by atoms with van der Waals surface area (Å²) >= 11 is 0. The number of methoxy groups -OCH3 is 1. The maximum atomic E-state index is 12.7. The summed E-state index contributed by atoms with van der Waals surface area (Å²) in [7, 11) is 1.63. The number of carbonyl (C=O) groups is 1. The van der Waals surface area contributed by atoms with Crippen molar-refractivity contribution in [3.05, 3.63) is 59.5 Å². The Morgan fingerprint density at radius 3 is 2.68 bits per heavy atom. The fraction of sp³-hybridized carbons (Fsp3) is 0.263. The van der Waals surface area contributed by atoms with E-state index in [1.54, 1.807) is 11.5 Å². The van der Waals surface area contributed by atoms with Crippen molar-refractivity contribution in [3.8, 4) is 11.5 Å². The zero-order valence-electron chi connectivity index (χ0n) is 14.6. The van der Waals surface area contributed by atoms with Crippen LogP contribution in [0.25, 0.3) is 5.65 Å². The van der Waals surface area contributed by atoms with Gasteiger partial charge in [-0.25, -0.2) is 4.98 Å². The van der Waals surface area contributed by atoms with Crippen molar-refractivity contribution in [2.45, 2.75) is 20.4 Å². The summed E-state index contributed by atoms with van der Waals surface area (Å²) in [5, 5.41) is 2.94. The number of hydrogen-bond donors (Lipinski definition) is 1. The molecular formula is C19H21N3O3. The van der Waals surface area contributed by atoms with Crippen LogP contribution in [0.1, 0.15) is 28.7 Å². The van der Waals surface area contributed by atoms with Crippen LogP contribution in [-0.4, -0.2) is 29.0 Å². The fourth-order valence-corrected chi connectivity index (χ4v) is 2.71. The van der Waals surface area contributed by atoms with Crippen molar-refractivity contribution in [3.63, 3.8) is 0 Å². The predicted octanol–water partition coefficient (Wildman–Crippen LogP) is 2.98. The summed E-state index contributed by atoms with van der Waals surface area (Å²) in [5.41, 5.74) is 2.83. The molecule has 0 saturated heterocycles. The molecule has 0 aliphatic heterocycles. The molecule has 130 valence electrons. The summed E-state index contributed by atoms with van der Waals surface area (Å²) in [6, 6.07) is 11.3. The largest absolute Gasteiger partial charge is 0.497 e. The molecule has 0 fully saturated rings. The third-order valence-electron chi connectivity index (χ3n) is 3.92. The highest BCUT2D eigenvalue weighted by atomic mass is 16.5. The molecule has 0 aliphatic carbocycles. The molecule has 2 aromatic heterocycles. The first-order valence-electron chi connectivity index (χ1n) is 8.15. The Bertz CT molecular complexity index is 885. The Balaban J connectivity index is 1.81. The number of benzene rings is 1. The van der Waals surface area contributed by atoms with Gasteiger partial charge in [-0.3, -0.25) is 9.20 Å². The van der Waals surface area contributed by atoms with E-state index >= 15 is 0 Å². The fourth-order valence-electron chi connectivity index (χ4n) is 2.71. The molecule has 0 saturated carbocycles. The Morgan fingerprint density at radius 1 is 1.24 bits per heavy atom. The monoisotopic (exact) mass is 339 g/mol. The van der Waals surface area contributed by atoms with E-state index in [1.165, 1.54) is 0 Å². The second-order valence-corrected chi connectivity index (χ2v) is 5.58. The Kier molecular flexibility index (Phi) is 4.88. The van der Waals surface area contributed by atoms with E-state index in [-0.39, 0.29) is 5.91 Å². The molecule has 25 heavy (non-hydrogen) atoms. The first-order chi connectivity index (χ1) is 12.1. The highest BCUT2D eigenvalue weighted by Crippen LogP contribution is 2.22. The van der Waals surface area contributed by atoms with Gasteiger partial charge in [-0.05, 0) is 43.7 Å². The van der Waals surface area contributed by atoms with Crippen molar-refractivity contribution < 1.29 is 14.3 Å². The van der Waals surface area contributed by atoms with Crippen LogP contribution in [0.3, 0.4) is 0 Å². The van der Waals surface area contributed by atoms with Gasteiger partial charge in [0.25, 0.3) is 5.91 Å². The molecule has 0 atom stereocenters. The minimum atomic E-state index is -0.172. The number of imidazole rings is 1. The number of hydrogen-bond acceptors (Lipinski definition) is 4. The molecule has 2 heterocycles. The van der Waals surface area contributed by atoms with Crippen LogP contribution in [0.5, 0.6) is 11.5 Å². The zero-order valence-corrected chi connectivity index (χ0v) is 14.6. The molecule has 0 bridgehead atoms. The van der Waals surface area contributed by atoms with Crippen LogP contribution in [-0.2, 0) is 6.54 Å². The van der Waals surface area contributed by atoms with E-state index < -0.39 is 0 Å². The van der Waals surface area contributed by atoms with Crippen LogP contribution in [0.2, 0.25) is 0 Å². The molecule has 0 radical (unpaired) electrons. The molecule has 1 amide bonds. The van der Waals surface area contributed by atoms with E-state index in [0.29, 0.717) is 35.9 Å². The minimum Gasteiger partial charge on any atom is -0.497 e. The van der Waals surface area contributed by atoms with Gasteiger partial charge in [0.2, 0.25) is 0 Å². The van der Waals surface area contributed by atoms with Crippen molar-refractivity contribution in [1.29, 1.82) is 0 Å². The van der Waals surface area contributed by atoms with Gasteiger partial charge in [0.05, 0.1) is 19.4 Å². The second-order valence-electron chi connectivity index (χ2n) is 5.58. The lowest BCUT2D eigenvalue weighted by molar-refractivity contribution is 0.0944. The summed E-state index contributed by atoms with van der Waals surface area (Å²) in [4.78, 5) is 17.2. The number of ether oxygens (including phenoxy) is 2. The number of fused-ring (bicyclic) bond motifs is 1. The van der Waals surface area contributed by atoms with Crippen LogP contribution in [0.4, 0.5) is 0 Å². The van der Waals surface area contributed by atoms with Gasteiger partial charge in [-0.15, -0.1) is 0 Å².